The van der Waals surface area contributed by atoms with E-state index in [-0.39, 0.29) is 23.2 Å². The third kappa shape index (κ3) is 5.09. The van der Waals surface area contributed by atoms with Gasteiger partial charge in [0.25, 0.3) is 0 Å². The fourth-order valence-corrected chi connectivity index (χ4v) is 3.39. The van der Waals surface area contributed by atoms with Crippen LogP contribution in [0.5, 0.6) is 5.75 Å². The fourth-order valence-electron chi connectivity index (χ4n) is 2.31. The predicted molar refractivity (Wildman–Crippen MR) is 101 cm³/mol. The van der Waals surface area contributed by atoms with Crippen LogP contribution in [0, 0.1) is 6.92 Å². The van der Waals surface area contributed by atoms with Crippen LogP contribution in [0.3, 0.4) is 0 Å². The summed E-state index contributed by atoms with van der Waals surface area (Å²) in [4.78, 5) is 27.6. The lowest BCUT2D eigenvalue weighted by Crippen LogP contribution is -2.28. The van der Waals surface area contributed by atoms with E-state index in [4.69, 9.17) is 21.4 Å². The standard InChI is InChI=1S/C17H20ClN3O4S/c1-9-15(17(23)24)26-16(21-9)10(2)20-14(22)6-7-19-12-8-11(18)4-5-13(12)25-3/h4-5,8,10,19H,6-7H2,1-3H3,(H,20,22)(H,23,24). The van der Waals surface area contributed by atoms with Crippen LogP contribution in [0.25, 0.3) is 0 Å². The Balaban J connectivity index is 1.88. The predicted octanol–water partition coefficient (Wildman–Crippen LogP) is 3.49. The summed E-state index contributed by atoms with van der Waals surface area (Å²) in [5, 5.41) is 16.2. The number of carboxylic acids is 1. The number of aryl methyl sites for hydroxylation is 1. The van der Waals surface area contributed by atoms with Crippen molar-refractivity contribution in [2.75, 3.05) is 19.0 Å². The van der Waals surface area contributed by atoms with Gasteiger partial charge < -0.3 is 20.5 Å². The van der Waals surface area contributed by atoms with Crippen LogP contribution in [0.4, 0.5) is 5.69 Å². The molecule has 1 heterocycles. The lowest BCUT2D eigenvalue weighted by Gasteiger charge is -2.13. The minimum Gasteiger partial charge on any atom is -0.495 e. The average molecular weight is 398 g/mol. The lowest BCUT2D eigenvalue weighted by atomic mass is 10.2. The minimum absolute atomic E-state index is 0.171. The van der Waals surface area contributed by atoms with Gasteiger partial charge in [-0.15, -0.1) is 11.3 Å². The first-order valence-corrected chi connectivity index (χ1v) is 9.08. The SMILES string of the molecule is COc1ccc(Cl)cc1NCCC(=O)NC(C)c1nc(C)c(C(=O)O)s1. The van der Waals surface area contributed by atoms with Crippen LogP contribution in [0.2, 0.25) is 5.02 Å². The molecular formula is C17H20ClN3O4S. The molecule has 1 amide bonds. The van der Waals surface area contributed by atoms with Gasteiger partial charge >= 0.3 is 5.97 Å². The van der Waals surface area contributed by atoms with Gasteiger partial charge in [0.15, 0.2) is 0 Å². The summed E-state index contributed by atoms with van der Waals surface area (Å²) >= 11 is 7.04. The van der Waals surface area contributed by atoms with Crippen LogP contribution in [0.1, 0.15) is 39.8 Å². The first-order chi connectivity index (χ1) is 12.3. The van der Waals surface area contributed by atoms with Crippen molar-refractivity contribution in [1.82, 2.24) is 10.3 Å². The largest absolute Gasteiger partial charge is 0.495 e. The Morgan fingerprint density at radius 1 is 1.42 bits per heavy atom. The first kappa shape index (κ1) is 20.0. The highest BCUT2D eigenvalue weighted by molar-refractivity contribution is 7.13. The van der Waals surface area contributed by atoms with Crippen LogP contribution in [-0.4, -0.2) is 35.6 Å². The highest BCUT2D eigenvalue weighted by Gasteiger charge is 2.19. The molecule has 0 aliphatic rings. The van der Waals surface area contributed by atoms with Crippen molar-refractivity contribution in [1.29, 1.82) is 0 Å². The number of aromatic carboxylic acids is 1. The van der Waals surface area contributed by atoms with E-state index in [0.717, 1.165) is 11.3 Å². The van der Waals surface area contributed by atoms with Gasteiger partial charge in [-0.2, -0.15) is 0 Å². The number of thiazole rings is 1. The van der Waals surface area contributed by atoms with E-state index in [9.17, 15) is 9.59 Å². The number of methoxy groups -OCH3 is 1. The second-order valence-corrected chi connectivity index (χ2v) is 7.05. The van der Waals surface area contributed by atoms with E-state index >= 15 is 0 Å². The maximum atomic E-state index is 12.1. The van der Waals surface area contributed by atoms with Crippen LogP contribution < -0.4 is 15.4 Å². The molecule has 26 heavy (non-hydrogen) atoms. The molecule has 0 saturated carbocycles. The molecule has 9 heteroatoms. The third-order valence-electron chi connectivity index (χ3n) is 3.58. The van der Waals surface area contributed by atoms with Crippen molar-refractivity contribution in [3.8, 4) is 5.75 Å². The van der Waals surface area contributed by atoms with Crippen molar-refractivity contribution >= 4 is 40.5 Å². The zero-order valence-corrected chi connectivity index (χ0v) is 16.2. The van der Waals surface area contributed by atoms with Gasteiger partial charge in [-0.25, -0.2) is 9.78 Å². The molecule has 1 aromatic carbocycles. The number of benzene rings is 1. The Morgan fingerprint density at radius 2 is 2.15 bits per heavy atom. The number of hydrogen-bond acceptors (Lipinski definition) is 6. The van der Waals surface area contributed by atoms with Crippen LogP contribution in [-0.2, 0) is 4.79 Å². The topological polar surface area (TPSA) is 101 Å². The van der Waals surface area contributed by atoms with Gasteiger partial charge in [0.1, 0.15) is 15.6 Å². The molecule has 140 valence electrons. The molecule has 0 aliphatic carbocycles. The number of nitrogens with one attached hydrogen (secondary N) is 2. The molecule has 0 fully saturated rings. The number of anilines is 1. The average Bonchev–Trinajstić information content (AvgIpc) is 2.97. The van der Waals surface area contributed by atoms with Crippen LogP contribution >= 0.6 is 22.9 Å². The molecule has 0 saturated heterocycles. The zero-order chi connectivity index (χ0) is 19.3. The zero-order valence-electron chi connectivity index (χ0n) is 14.6. The molecule has 2 rings (SSSR count). The summed E-state index contributed by atoms with van der Waals surface area (Å²) in [7, 11) is 1.56. The van der Waals surface area contributed by atoms with Crippen molar-refractivity contribution in [2.24, 2.45) is 0 Å². The number of carbonyl (C=O) groups excluding carboxylic acids is 1. The quantitative estimate of drug-likeness (QED) is 0.630. The van der Waals surface area contributed by atoms with Crippen molar-refractivity contribution in [2.45, 2.75) is 26.3 Å². The first-order valence-electron chi connectivity index (χ1n) is 7.89. The summed E-state index contributed by atoms with van der Waals surface area (Å²) in [6.45, 7) is 3.81. The van der Waals surface area contributed by atoms with E-state index < -0.39 is 5.97 Å². The van der Waals surface area contributed by atoms with Gasteiger partial charge in [-0.3, -0.25) is 4.79 Å². The second-order valence-electron chi connectivity index (χ2n) is 5.58. The number of rotatable bonds is 8. The highest BCUT2D eigenvalue weighted by atomic mass is 35.5. The monoisotopic (exact) mass is 397 g/mol. The molecular weight excluding hydrogens is 378 g/mol. The molecule has 1 unspecified atom stereocenters. The van der Waals surface area contributed by atoms with Crippen LogP contribution in [0.15, 0.2) is 18.2 Å². The lowest BCUT2D eigenvalue weighted by molar-refractivity contribution is -0.121. The number of amides is 1. The summed E-state index contributed by atoms with van der Waals surface area (Å²) in [5.41, 5.74) is 1.16. The molecule has 0 aliphatic heterocycles. The number of hydrogen-bond donors (Lipinski definition) is 3. The van der Waals surface area contributed by atoms with E-state index in [1.165, 1.54) is 0 Å². The number of nitrogens with zero attached hydrogens (tertiary/aromatic N) is 1. The molecule has 1 aromatic heterocycles. The number of carboxylic acid groups (broad SMARTS) is 1. The number of aromatic nitrogens is 1. The Hall–Kier alpha value is -2.32. The Labute approximate surface area is 160 Å². The van der Waals surface area contributed by atoms with E-state index in [1.54, 1.807) is 39.2 Å². The third-order valence-corrected chi connectivity index (χ3v) is 5.15. The molecule has 0 bridgehead atoms. The van der Waals surface area contributed by atoms with Crippen molar-refractivity contribution < 1.29 is 19.4 Å². The number of halogens is 1. The van der Waals surface area contributed by atoms with Gasteiger partial charge in [-0.05, 0) is 32.0 Å². The number of ether oxygens (including phenoxy) is 1. The summed E-state index contributed by atoms with van der Waals surface area (Å²) in [5.74, 6) is -0.539. The van der Waals surface area contributed by atoms with Gasteiger partial charge in [-0.1, -0.05) is 11.6 Å². The fraction of sp³-hybridized carbons (Fsp3) is 0.353. The second kappa shape index (κ2) is 8.86. The molecule has 3 N–H and O–H groups in total. The smallest absolute Gasteiger partial charge is 0.347 e. The highest BCUT2D eigenvalue weighted by Crippen LogP contribution is 2.27. The molecule has 2 aromatic rings. The summed E-state index contributed by atoms with van der Waals surface area (Å²) < 4.78 is 5.24. The van der Waals surface area contributed by atoms with Gasteiger partial charge in [0.2, 0.25) is 5.91 Å². The van der Waals surface area contributed by atoms with Gasteiger partial charge in [0.05, 0.1) is 24.5 Å². The minimum atomic E-state index is -1.01. The summed E-state index contributed by atoms with van der Waals surface area (Å²) in [6, 6.07) is 4.84. The Kier molecular flexibility index (Phi) is 6.82. The molecule has 0 radical (unpaired) electrons. The van der Waals surface area contributed by atoms with Crippen molar-refractivity contribution in [3.63, 3.8) is 0 Å². The Morgan fingerprint density at radius 3 is 2.77 bits per heavy atom. The van der Waals surface area contributed by atoms with E-state index in [1.807, 2.05) is 0 Å². The molecule has 0 spiro atoms. The maximum Gasteiger partial charge on any atom is 0.347 e. The van der Waals surface area contributed by atoms with E-state index in [2.05, 4.69) is 15.6 Å². The van der Waals surface area contributed by atoms with E-state index in [0.29, 0.717) is 33.7 Å². The number of carbonyl (C=O) groups is 2. The maximum absolute atomic E-state index is 12.1. The van der Waals surface area contributed by atoms with Gasteiger partial charge in [0, 0.05) is 18.0 Å². The summed E-state index contributed by atoms with van der Waals surface area (Å²) in [6.07, 6.45) is 0.232. The normalized spacial score (nSPS) is 11.7. The molecule has 7 nitrogen and oxygen atoms in total. The van der Waals surface area contributed by atoms with Crippen molar-refractivity contribution in [3.05, 3.63) is 38.8 Å². The molecule has 1 atom stereocenters. The Bertz CT molecular complexity index is 809.